The number of hydrogen-bond acceptors (Lipinski definition) is 5. The van der Waals surface area contributed by atoms with Crippen LogP contribution in [-0.2, 0) is 9.59 Å². The van der Waals surface area contributed by atoms with Crippen LogP contribution in [-0.4, -0.2) is 26.3 Å². The van der Waals surface area contributed by atoms with Gasteiger partial charge in [0.1, 0.15) is 10.1 Å². The number of carbonyl (C=O) groups excluding carboxylic acids is 1. The molecule has 0 aromatic carbocycles. The van der Waals surface area contributed by atoms with E-state index in [0.29, 0.717) is 10.1 Å². The molecule has 1 N–H and O–H groups in total. The number of unbranched alkanes of at least 4 members (excludes halogenated alkanes) is 1. The number of carboxylic acids is 1. The van der Waals surface area contributed by atoms with E-state index in [4.69, 9.17) is 5.11 Å². The lowest BCUT2D eigenvalue weighted by Gasteiger charge is -1.91. The third kappa shape index (κ3) is 4.09. The summed E-state index contributed by atoms with van der Waals surface area (Å²) in [6.07, 6.45) is 3.58. The Morgan fingerprint density at radius 2 is 2.40 bits per heavy atom. The van der Waals surface area contributed by atoms with Crippen LogP contribution < -0.4 is 0 Å². The molecule has 0 radical (unpaired) electrons. The van der Waals surface area contributed by atoms with Crippen LogP contribution in [0.2, 0.25) is 0 Å². The Kier molecular flexibility index (Phi) is 4.90. The highest BCUT2D eigenvalue weighted by Gasteiger charge is 2.22. The van der Waals surface area contributed by atoms with Crippen molar-refractivity contribution in [2.45, 2.75) is 19.8 Å². The van der Waals surface area contributed by atoms with Gasteiger partial charge in [-0.1, -0.05) is 31.2 Å². The Hall–Kier alpha value is -0.750. The fourth-order valence-electron chi connectivity index (χ4n) is 0.894. The van der Waals surface area contributed by atoms with Gasteiger partial charge >= 0.3 is 5.97 Å². The summed E-state index contributed by atoms with van der Waals surface area (Å²) < 4.78 is 0.532. The molecular weight excluding hydrogens is 234 g/mol. The second-order valence-corrected chi connectivity index (χ2v) is 5.01. The van der Waals surface area contributed by atoms with Crippen LogP contribution in [0, 0.1) is 0 Å². The van der Waals surface area contributed by atoms with Crippen LogP contribution in [0.1, 0.15) is 19.8 Å². The highest BCUT2D eigenvalue weighted by atomic mass is 32.2. The van der Waals surface area contributed by atoms with Crippen LogP contribution in [0.4, 0.5) is 0 Å². The molecule has 0 unspecified atom stereocenters. The van der Waals surface area contributed by atoms with Gasteiger partial charge < -0.3 is 5.11 Å². The predicted octanol–water partition coefficient (Wildman–Crippen LogP) is 2.12. The number of allylic oxidation sites excluding steroid dienone is 1. The standard InChI is InChI=1S/C9H11NO3S2/c1-2-3-4-6-8(13)15-9(10-6)14-5-7(11)12/h4H,2-3,5H2,1H3,(H,11,12). The molecule has 1 rings (SSSR count). The first-order chi connectivity index (χ1) is 7.13. The molecule has 1 aliphatic heterocycles. The van der Waals surface area contributed by atoms with Crippen LogP contribution in [0.5, 0.6) is 0 Å². The number of carboxylic acid groups (broad SMARTS) is 1. The van der Waals surface area contributed by atoms with Gasteiger partial charge in [0.15, 0.2) is 0 Å². The third-order valence-electron chi connectivity index (χ3n) is 1.55. The highest BCUT2D eigenvalue weighted by molar-refractivity contribution is 8.45. The van der Waals surface area contributed by atoms with Crippen molar-refractivity contribution in [1.82, 2.24) is 0 Å². The van der Waals surface area contributed by atoms with Crippen molar-refractivity contribution in [3.8, 4) is 0 Å². The van der Waals surface area contributed by atoms with E-state index < -0.39 is 5.97 Å². The van der Waals surface area contributed by atoms with Crippen molar-refractivity contribution in [2.75, 3.05) is 5.75 Å². The largest absolute Gasteiger partial charge is 0.481 e. The molecule has 0 bridgehead atoms. The molecule has 0 amide bonds. The van der Waals surface area contributed by atoms with Crippen molar-refractivity contribution in [3.05, 3.63) is 11.8 Å². The molecule has 1 heterocycles. The number of aliphatic imine (C=N–C) groups is 1. The smallest absolute Gasteiger partial charge is 0.313 e. The molecule has 4 nitrogen and oxygen atoms in total. The number of rotatable bonds is 4. The second-order valence-electron chi connectivity index (χ2n) is 2.83. The van der Waals surface area contributed by atoms with Crippen molar-refractivity contribution in [1.29, 1.82) is 0 Å². The highest BCUT2D eigenvalue weighted by Crippen LogP contribution is 2.29. The topological polar surface area (TPSA) is 66.7 Å². The number of hydrogen-bond donors (Lipinski definition) is 1. The Bertz CT molecular complexity index is 336. The maximum Gasteiger partial charge on any atom is 0.313 e. The summed E-state index contributed by atoms with van der Waals surface area (Å²) in [5.41, 5.74) is 0.453. The zero-order valence-electron chi connectivity index (χ0n) is 8.23. The van der Waals surface area contributed by atoms with Gasteiger partial charge in [0.2, 0.25) is 5.12 Å². The lowest BCUT2D eigenvalue weighted by molar-refractivity contribution is -0.133. The van der Waals surface area contributed by atoms with E-state index >= 15 is 0 Å². The minimum absolute atomic E-state index is 0.0554. The molecule has 0 spiro atoms. The predicted molar refractivity (Wildman–Crippen MR) is 63.1 cm³/mol. The zero-order valence-corrected chi connectivity index (χ0v) is 9.86. The van der Waals surface area contributed by atoms with E-state index in [1.807, 2.05) is 6.92 Å². The quantitative estimate of drug-likeness (QED) is 0.768. The second kappa shape index (κ2) is 5.97. The molecule has 1 aliphatic rings. The van der Waals surface area contributed by atoms with Crippen molar-refractivity contribution < 1.29 is 14.7 Å². The molecule has 82 valence electrons. The minimum atomic E-state index is -0.901. The molecule has 0 aliphatic carbocycles. The van der Waals surface area contributed by atoms with Gasteiger partial charge in [-0.2, -0.15) is 0 Å². The summed E-state index contributed by atoms with van der Waals surface area (Å²) in [5.74, 6) is -0.957. The molecule has 6 heteroatoms. The molecular formula is C9H11NO3S2. The van der Waals surface area contributed by atoms with E-state index in [1.54, 1.807) is 6.08 Å². The van der Waals surface area contributed by atoms with Gasteiger partial charge in [0.05, 0.1) is 5.75 Å². The molecule has 15 heavy (non-hydrogen) atoms. The summed E-state index contributed by atoms with van der Waals surface area (Å²) in [6.45, 7) is 2.02. The molecule has 0 aromatic heterocycles. The van der Waals surface area contributed by atoms with E-state index in [1.165, 1.54) is 0 Å². The average Bonchev–Trinajstić information content (AvgIpc) is 2.53. The molecule has 0 saturated heterocycles. The Balaban J connectivity index is 2.55. The fourth-order valence-corrected chi connectivity index (χ4v) is 2.48. The number of aliphatic carboxylic acids is 1. The summed E-state index contributed by atoms with van der Waals surface area (Å²) in [5, 5.41) is 8.38. The zero-order chi connectivity index (χ0) is 11.3. The molecule has 0 saturated carbocycles. The summed E-state index contributed by atoms with van der Waals surface area (Å²) in [7, 11) is 0. The number of carbonyl (C=O) groups is 2. The van der Waals surface area contributed by atoms with Crippen LogP contribution in [0.15, 0.2) is 16.8 Å². The Morgan fingerprint density at radius 3 is 3.00 bits per heavy atom. The van der Waals surface area contributed by atoms with Crippen molar-refractivity contribution in [2.24, 2.45) is 4.99 Å². The lowest BCUT2D eigenvalue weighted by Crippen LogP contribution is -1.99. The SMILES string of the molecule is CCCC=C1N=C(SCC(=O)O)SC1=O. The normalized spacial score (nSPS) is 18.3. The average molecular weight is 245 g/mol. The first-order valence-electron chi connectivity index (χ1n) is 4.49. The first-order valence-corrected chi connectivity index (χ1v) is 6.29. The van der Waals surface area contributed by atoms with Gasteiger partial charge in [-0.25, -0.2) is 4.99 Å². The van der Waals surface area contributed by atoms with Crippen LogP contribution in [0.3, 0.4) is 0 Å². The Labute approximate surface area is 96.2 Å². The van der Waals surface area contributed by atoms with Gasteiger partial charge in [0.25, 0.3) is 0 Å². The summed E-state index contributed by atoms with van der Waals surface area (Å²) in [4.78, 5) is 25.7. The number of nitrogens with zero attached hydrogens (tertiary/aromatic N) is 1. The van der Waals surface area contributed by atoms with E-state index in [0.717, 1.165) is 36.4 Å². The monoisotopic (exact) mass is 245 g/mol. The van der Waals surface area contributed by atoms with Gasteiger partial charge in [-0.05, 0) is 18.2 Å². The third-order valence-corrected chi connectivity index (χ3v) is 3.54. The molecule has 0 fully saturated rings. The van der Waals surface area contributed by atoms with Crippen LogP contribution >= 0.6 is 23.5 Å². The minimum Gasteiger partial charge on any atom is -0.481 e. The van der Waals surface area contributed by atoms with E-state index in [9.17, 15) is 9.59 Å². The van der Waals surface area contributed by atoms with Gasteiger partial charge in [0, 0.05) is 0 Å². The van der Waals surface area contributed by atoms with Crippen molar-refractivity contribution in [3.63, 3.8) is 0 Å². The van der Waals surface area contributed by atoms with Crippen LogP contribution in [0.25, 0.3) is 0 Å². The van der Waals surface area contributed by atoms with Crippen molar-refractivity contribution >= 4 is 39.0 Å². The van der Waals surface area contributed by atoms with E-state index in [-0.39, 0.29) is 10.9 Å². The maximum absolute atomic E-state index is 11.4. The van der Waals surface area contributed by atoms with Gasteiger partial charge in [-0.3, -0.25) is 9.59 Å². The van der Waals surface area contributed by atoms with Gasteiger partial charge in [-0.15, -0.1) is 0 Å². The summed E-state index contributed by atoms with van der Waals surface area (Å²) in [6, 6.07) is 0. The lowest BCUT2D eigenvalue weighted by atomic mass is 10.3. The maximum atomic E-state index is 11.4. The first kappa shape index (κ1) is 12.3. The molecule has 0 atom stereocenters. The Morgan fingerprint density at radius 1 is 1.67 bits per heavy atom. The fraction of sp³-hybridized carbons (Fsp3) is 0.444. The summed E-state index contributed by atoms with van der Waals surface area (Å²) >= 11 is 2.09. The van der Waals surface area contributed by atoms with E-state index in [2.05, 4.69) is 4.99 Å². The molecule has 0 aromatic rings. The number of thioether (sulfide) groups is 2.